The van der Waals surface area contributed by atoms with E-state index >= 15 is 0 Å². The fourth-order valence-electron chi connectivity index (χ4n) is 4.71. The number of carbonyl (C=O) groups excluding carboxylic acids is 1. The molecule has 180 valence electrons. The Balaban J connectivity index is 1.21. The lowest BCUT2D eigenvalue weighted by molar-refractivity contribution is 0.0947. The van der Waals surface area contributed by atoms with E-state index in [0.29, 0.717) is 28.2 Å². The van der Waals surface area contributed by atoms with Gasteiger partial charge in [0.05, 0.1) is 11.9 Å². The quantitative estimate of drug-likeness (QED) is 0.372. The van der Waals surface area contributed by atoms with Crippen LogP contribution in [0.1, 0.15) is 53.5 Å². The molecule has 1 saturated carbocycles. The van der Waals surface area contributed by atoms with Crippen molar-refractivity contribution >= 4 is 17.1 Å². The van der Waals surface area contributed by atoms with E-state index in [1.54, 1.807) is 23.3 Å². The van der Waals surface area contributed by atoms with E-state index in [2.05, 4.69) is 35.3 Å². The molecule has 1 amide bonds. The molecule has 5 aromatic rings. The summed E-state index contributed by atoms with van der Waals surface area (Å²) >= 11 is 0. The molecule has 0 aliphatic heterocycles. The number of fused-ring (bicyclic) bond motifs is 1. The number of pyridine rings is 1. The van der Waals surface area contributed by atoms with Crippen LogP contribution in [0.3, 0.4) is 0 Å². The summed E-state index contributed by atoms with van der Waals surface area (Å²) in [5, 5.41) is 7.22. The van der Waals surface area contributed by atoms with E-state index in [9.17, 15) is 9.18 Å². The molecule has 0 unspecified atom stereocenters. The highest BCUT2D eigenvalue weighted by molar-refractivity contribution is 6.02. The van der Waals surface area contributed by atoms with Crippen LogP contribution in [0.2, 0.25) is 0 Å². The Hall–Kier alpha value is -4.47. The van der Waals surface area contributed by atoms with Gasteiger partial charge in [0.1, 0.15) is 23.5 Å². The van der Waals surface area contributed by atoms with Crippen molar-refractivity contribution in [2.45, 2.75) is 38.1 Å². The van der Waals surface area contributed by atoms with E-state index in [1.807, 2.05) is 24.4 Å². The molecular formula is C26H23FN8O. The number of H-pyrrole nitrogens is 1. The van der Waals surface area contributed by atoms with Gasteiger partial charge in [-0.1, -0.05) is 12.8 Å². The summed E-state index contributed by atoms with van der Waals surface area (Å²) < 4.78 is 16.2. The standard InChI is InChI=1S/C26H23FN8O/c27-20-10-16(9-18(11-20)19-13-32-35(14-19)21-5-7-28-8-6-21)12-29-26(36)23-22-25(31-15-30-23)34-24(33-22)17-3-1-2-4-17/h5-11,13-15,17H,1-4,12H2,(H,29,36)(H,30,31,33,34). The Bertz CT molecular complexity index is 1540. The van der Waals surface area contributed by atoms with Crippen molar-refractivity contribution in [3.05, 3.63) is 84.3 Å². The summed E-state index contributed by atoms with van der Waals surface area (Å²) in [6, 6.07) is 8.36. The van der Waals surface area contributed by atoms with Crippen molar-refractivity contribution in [2.75, 3.05) is 0 Å². The van der Waals surface area contributed by atoms with E-state index in [0.717, 1.165) is 29.9 Å². The summed E-state index contributed by atoms with van der Waals surface area (Å²) in [5.74, 6) is 0.454. The highest BCUT2D eigenvalue weighted by atomic mass is 19.1. The Labute approximate surface area is 205 Å². The Kier molecular flexibility index (Phi) is 5.68. The average molecular weight is 483 g/mol. The number of amides is 1. The third-order valence-corrected chi connectivity index (χ3v) is 6.52. The maximum Gasteiger partial charge on any atom is 0.272 e. The van der Waals surface area contributed by atoms with Gasteiger partial charge < -0.3 is 10.3 Å². The first-order valence-corrected chi connectivity index (χ1v) is 11.9. The fraction of sp³-hybridized carbons (Fsp3) is 0.231. The Morgan fingerprint density at radius 1 is 1.11 bits per heavy atom. The minimum Gasteiger partial charge on any atom is -0.347 e. The van der Waals surface area contributed by atoms with Gasteiger partial charge in [0.2, 0.25) is 0 Å². The molecule has 4 heterocycles. The lowest BCUT2D eigenvalue weighted by Gasteiger charge is -2.08. The topological polar surface area (TPSA) is 114 Å². The molecule has 1 fully saturated rings. The van der Waals surface area contributed by atoms with Gasteiger partial charge >= 0.3 is 0 Å². The Morgan fingerprint density at radius 3 is 2.78 bits per heavy atom. The van der Waals surface area contributed by atoms with Gasteiger partial charge in [-0.3, -0.25) is 9.78 Å². The van der Waals surface area contributed by atoms with Crippen LogP contribution in [-0.2, 0) is 6.54 Å². The van der Waals surface area contributed by atoms with Gasteiger partial charge in [-0.2, -0.15) is 5.10 Å². The molecule has 0 atom stereocenters. The zero-order valence-electron chi connectivity index (χ0n) is 19.4. The second-order valence-corrected chi connectivity index (χ2v) is 8.93. The number of hydrogen-bond acceptors (Lipinski definition) is 6. The maximum absolute atomic E-state index is 14.5. The molecule has 4 aromatic heterocycles. The first kappa shape index (κ1) is 22.0. The number of nitrogens with zero attached hydrogens (tertiary/aromatic N) is 6. The molecule has 1 aliphatic rings. The van der Waals surface area contributed by atoms with Crippen LogP contribution >= 0.6 is 0 Å². The SMILES string of the molecule is O=C(NCc1cc(F)cc(-c2cnn(-c3ccncc3)c2)c1)c1ncnc2nc(C3CCCC3)[nH]c12. The second-order valence-electron chi connectivity index (χ2n) is 8.93. The van der Waals surface area contributed by atoms with Crippen LogP contribution in [0.5, 0.6) is 0 Å². The van der Waals surface area contributed by atoms with Gasteiger partial charge in [-0.15, -0.1) is 0 Å². The van der Waals surface area contributed by atoms with Crippen molar-refractivity contribution in [2.24, 2.45) is 0 Å². The maximum atomic E-state index is 14.5. The average Bonchev–Trinajstić information content (AvgIpc) is 3.67. The minimum absolute atomic E-state index is 0.136. The largest absolute Gasteiger partial charge is 0.347 e. The molecule has 0 bridgehead atoms. The van der Waals surface area contributed by atoms with Gasteiger partial charge in [-0.25, -0.2) is 24.0 Å². The molecule has 0 spiro atoms. The van der Waals surface area contributed by atoms with Crippen LogP contribution in [0.4, 0.5) is 4.39 Å². The summed E-state index contributed by atoms with van der Waals surface area (Å²) in [6.07, 6.45) is 12.7. The zero-order chi connectivity index (χ0) is 24.5. The predicted molar refractivity (Wildman–Crippen MR) is 131 cm³/mol. The number of hydrogen-bond donors (Lipinski definition) is 2. The number of rotatable bonds is 6. The lowest BCUT2D eigenvalue weighted by Crippen LogP contribution is -2.24. The van der Waals surface area contributed by atoms with E-state index in [-0.39, 0.29) is 18.1 Å². The molecule has 6 rings (SSSR count). The number of aromatic amines is 1. The van der Waals surface area contributed by atoms with Crippen LogP contribution in [-0.4, -0.2) is 40.6 Å². The monoisotopic (exact) mass is 482 g/mol. The normalized spacial score (nSPS) is 13.9. The fourth-order valence-corrected chi connectivity index (χ4v) is 4.71. The number of nitrogens with one attached hydrogen (secondary N) is 2. The van der Waals surface area contributed by atoms with E-state index in [4.69, 9.17) is 0 Å². The Morgan fingerprint density at radius 2 is 1.94 bits per heavy atom. The molecule has 10 heteroatoms. The van der Waals surface area contributed by atoms with Gasteiger partial charge in [0, 0.05) is 36.6 Å². The summed E-state index contributed by atoms with van der Waals surface area (Å²) in [6.45, 7) is 0.136. The number of benzene rings is 1. The number of imidazole rings is 1. The molecule has 36 heavy (non-hydrogen) atoms. The first-order chi connectivity index (χ1) is 17.6. The van der Waals surface area contributed by atoms with Crippen LogP contribution in [0.15, 0.2) is 61.4 Å². The number of aromatic nitrogens is 7. The molecule has 1 aromatic carbocycles. The molecule has 0 saturated heterocycles. The van der Waals surface area contributed by atoms with Gasteiger partial charge in [0.25, 0.3) is 5.91 Å². The molecule has 1 aliphatic carbocycles. The van der Waals surface area contributed by atoms with Crippen LogP contribution in [0, 0.1) is 5.82 Å². The molecular weight excluding hydrogens is 459 g/mol. The summed E-state index contributed by atoms with van der Waals surface area (Å²) in [5.41, 5.74) is 4.14. The zero-order valence-corrected chi connectivity index (χ0v) is 19.4. The smallest absolute Gasteiger partial charge is 0.272 e. The molecule has 2 N–H and O–H groups in total. The van der Waals surface area contributed by atoms with Crippen LogP contribution in [0.25, 0.3) is 28.0 Å². The third-order valence-electron chi connectivity index (χ3n) is 6.52. The second kappa shape index (κ2) is 9.29. The summed E-state index contributed by atoms with van der Waals surface area (Å²) in [4.78, 5) is 33.3. The molecule has 9 nitrogen and oxygen atoms in total. The predicted octanol–water partition coefficient (Wildman–Crippen LogP) is 4.33. The lowest BCUT2D eigenvalue weighted by atomic mass is 10.1. The number of halogens is 1. The van der Waals surface area contributed by atoms with Crippen molar-refractivity contribution in [3.63, 3.8) is 0 Å². The minimum atomic E-state index is -0.396. The van der Waals surface area contributed by atoms with Crippen molar-refractivity contribution in [1.82, 2.24) is 40.0 Å². The van der Waals surface area contributed by atoms with Gasteiger partial charge in [0.15, 0.2) is 11.3 Å². The van der Waals surface area contributed by atoms with E-state index in [1.165, 1.54) is 31.3 Å². The highest BCUT2D eigenvalue weighted by Crippen LogP contribution is 2.33. The van der Waals surface area contributed by atoms with Crippen molar-refractivity contribution in [3.8, 4) is 16.8 Å². The van der Waals surface area contributed by atoms with Crippen LogP contribution < -0.4 is 5.32 Å². The third kappa shape index (κ3) is 4.33. The van der Waals surface area contributed by atoms with E-state index < -0.39 is 5.82 Å². The van der Waals surface area contributed by atoms with Crippen molar-refractivity contribution in [1.29, 1.82) is 0 Å². The summed E-state index contributed by atoms with van der Waals surface area (Å²) in [7, 11) is 0. The first-order valence-electron chi connectivity index (χ1n) is 11.9. The van der Waals surface area contributed by atoms with Gasteiger partial charge in [-0.05, 0) is 54.3 Å². The van der Waals surface area contributed by atoms with Crippen molar-refractivity contribution < 1.29 is 9.18 Å². The number of carbonyl (C=O) groups is 1. The highest BCUT2D eigenvalue weighted by Gasteiger charge is 2.23. The molecule has 0 radical (unpaired) electrons.